The van der Waals surface area contributed by atoms with Crippen LogP contribution in [0.5, 0.6) is 0 Å². The van der Waals surface area contributed by atoms with E-state index in [2.05, 4.69) is 15.6 Å². The van der Waals surface area contributed by atoms with E-state index in [1.165, 1.54) is 6.20 Å². The molecule has 98 valence electrons. The Morgan fingerprint density at radius 1 is 1.56 bits per heavy atom. The summed E-state index contributed by atoms with van der Waals surface area (Å²) < 4.78 is 0. The Hall–Kier alpha value is -2.18. The third-order valence-electron chi connectivity index (χ3n) is 2.31. The second-order valence-electron chi connectivity index (χ2n) is 3.74. The summed E-state index contributed by atoms with van der Waals surface area (Å²) in [6.45, 7) is 4.55. The summed E-state index contributed by atoms with van der Waals surface area (Å²) in [5.41, 5.74) is 0.528. The molecule has 0 fully saturated rings. The van der Waals surface area contributed by atoms with Crippen LogP contribution in [-0.4, -0.2) is 28.9 Å². The van der Waals surface area contributed by atoms with Crippen molar-refractivity contribution in [2.75, 3.05) is 18.4 Å². The summed E-state index contributed by atoms with van der Waals surface area (Å²) in [6, 6.07) is 1.59. The van der Waals surface area contributed by atoms with Crippen molar-refractivity contribution in [2.24, 2.45) is 0 Å². The summed E-state index contributed by atoms with van der Waals surface area (Å²) >= 11 is 0. The van der Waals surface area contributed by atoms with Crippen molar-refractivity contribution in [1.29, 1.82) is 0 Å². The molecule has 1 heterocycles. The average Bonchev–Trinajstić information content (AvgIpc) is 2.29. The van der Waals surface area contributed by atoms with Gasteiger partial charge in [0.1, 0.15) is 12.0 Å². The van der Waals surface area contributed by atoms with Crippen molar-refractivity contribution in [1.82, 2.24) is 10.3 Å². The third kappa shape index (κ3) is 4.00. The Morgan fingerprint density at radius 2 is 2.28 bits per heavy atom. The van der Waals surface area contributed by atoms with Gasteiger partial charge in [-0.25, -0.2) is 4.98 Å². The first-order chi connectivity index (χ1) is 8.54. The Balaban J connectivity index is 2.51. The normalized spacial score (nSPS) is 9.89. The van der Waals surface area contributed by atoms with Gasteiger partial charge in [0.15, 0.2) is 0 Å². The number of nitro groups is 1. The van der Waals surface area contributed by atoms with E-state index in [1.807, 2.05) is 6.92 Å². The summed E-state index contributed by atoms with van der Waals surface area (Å²) in [4.78, 5) is 25.2. The number of rotatable bonds is 6. The van der Waals surface area contributed by atoms with Crippen LogP contribution >= 0.6 is 0 Å². The van der Waals surface area contributed by atoms with Gasteiger partial charge in [0.05, 0.1) is 4.92 Å². The molecule has 7 nitrogen and oxygen atoms in total. The smallest absolute Gasteiger partial charge is 0.290 e. The lowest BCUT2D eigenvalue weighted by molar-refractivity contribution is -0.385. The molecule has 0 bridgehead atoms. The van der Waals surface area contributed by atoms with Crippen LogP contribution < -0.4 is 10.6 Å². The van der Waals surface area contributed by atoms with Crippen molar-refractivity contribution in [2.45, 2.75) is 20.3 Å². The first-order valence-electron chi connectivity index (χ1n) is 5.66. The summed E-state index contributed by atoms with van der Waals surface area (Å²) in [5.74, 6) is 0.492. The zero-order chi connectivity index (χ0) is 13.5. The number of aromatic nitrogens is 1. The van der Waals surface area contributed by atoms with Crippen molar-refractivity contribution >= 4 is 17.4 Å². The van der Waals surface area contributed by atoms with Crippen LogP contribution in [0.15, 0.2) is 12.3 Å². The summed E-state index contributed by atoms with van der Waals surface area (Å²) in [7, 11) is 0. The van der Waals surface area contributed by atoms with E-state index in [0.29, 0.717) is 30.9 Å². The number of nitrogens with zero attached hydrogens (tertiary/aromatic N) is 2. The van der Waals surface area contributed by atoms with Crippen LogP contribution in [0.4, 0.5) is 11.5 Å². The number of carbonyl (C=O) groups excluding carboxylic acids is 1. The number of anilines is 1. The maximum absolute atomic E-state index is 11.2. The highest BCUT2D eigenvalue weighted by Crippen LogP contribution is 2.18. The molecule has 0 unspecified atom stereocenters. The fourth-order valence-corrected chi connectivity index (χ4v) is 1.43. The van der Waals surface area contributed by atoms with Gasteiger partial charge in [0.25, 0.3) is 5.69 Å². The van der Waals surface area contributed by atoms with Gasteiger partial charge in [0, 0.05) is 25.1 Å². The number of amides is 1. The molecule has 0 aromatic carbocycles. The van der Waals surface area contributed by atoms with E-state index < -0.39 is 4.92 Å². The molecular weight excluding hydrogens is 236 g/mol. The molecule has 0 spiro atoms. The van der Waals surface area contributed by atoms with E-state index in [-0.39, 0.29) is 11.6 Å². The molecule has 0 radical (unpaired) electrons. The molecule has 1 rings (SSSR count). The van der Waals surface area contributed by atoms with Gasteiger partial charge in [-0.1, -0.05) is 0 Å². The van der Waals surface area contributed by atoms with Gasteiger partial charge in [-0.3, -0.25) is 14.9 Å². The molecular formula is C11H16N4O3. The van der Waals surface area contributed by atoms with Crippen LogP contribution in [0.25, 0.3) is 0 Å². The standard InChI is InChI=1S/C11H16N4O3/c1-3-12-11(16)4-5-13-10-6-8(2)9(7-14-10)15(17)18/h6-7H,3-5H2,1-2H3,(H,12,16)(H,13,14). The molecule has 0 aliphatic rings. The molecule has 7 heteroatoms. The van der Waals surface area contributed by atoms with Crippen molar-refractivity contribution in [3.63, 3.8) is 0 Å². The minimum absolute atomic E-state index is 0.00993. The first kappa shape index (κ1) is 13.9. The van der Waals surface area contributed by atoms with Gasteiger partial charge in [0.2, 0.25) is 5.91 Å². The van der Waals surface area contributed by atoms with Gasteiger partial charge in [-0.05, 0) is 19.9 Å². The number of aryl methyl sites for hydroxylation is 1. The predicted octanol–water partition coefficient (Wildman–Crippen LogP) is 1.24. The minimum Gasteiger partial charge on any atom is -0.370 e. The molecule has 2 N–H and O–H groups in total. The highest BCUT2D eigenvalue weighted by molar-refractivity contribution is 5.76. The van der Waals surface area contributed by atoms with Crippen LogP contribution in [0.2, 0.25) is 0 Å². The Kier molecular flexibility index (Phi) is 5.04. The molecule has 1 amide bonds. The molecule has 1 aromatic heterocycles. The summed E-state index contributed by atoms with van der Waals surface area (Å²) in [5, 5.41) is 16.2. The lowest BCUT2D eigenvalue weighted by Crippen LogP contribution is -2.24. The lowest BCUT2D eigenvalue weighted by Gasteiger charge is -2.06. The van der Waals surface area contributed by atoms with Crippen LogP contribution in [-0.2, 0) is 4.79 Å². The molecule has 18 heavy (non-hydrogen) atoms. The monoisotopic (exact) mass is 252 g/mol. The Morgan fingerprint density at radius 3 is 2.83 bits per heavy atom. The lowest BCUT2D eigenvalue weighted by atomic mass is 10.2. The highest BCUT2D eigenvalue weighted by Gasteiger charge is 2.11. The van der Waals surface area contributed by atoms with Gasteiger partial charge < -0.3 is 10.6 Å². The SMILES string of the molecule is CCNC(=O)CCNc1cc(C)c([N+](=O)[O-])cn1. The molecule has 0 saturated carbocycles. The topological polar surface area (TPSA) is 97.2 Å². The van der Waals surface area contributed by atoms with E-state index in [0.717, 1.165) is 0 Å². The molecule has 0 aliphatic carbocycles. The van der Waals surface area contributed by atoms with E-state index in [9.17, 15) is 14.9 Å². The number of hydrogen-bond donors (Lipinski definition) is 2. The van der Waals surface area contributed by atoms with Crippen molar-refractivity contribution in [3.05, 3.63) is 27.9 Å². The molecule has 1 aromatic rings. The quantitative estimate of drug-likeness (QED) is 0.586. The zero-order valence-corrected chi connectivity index (χ0v) is 10.4. The third-order valence-corrected chi connectivity index (χ3v) is 2.31. The fraction of sp³-hybridized carbons (Fsp3) is 0.455. The Labute approximate surface area is 105 Å². The van der Waals surface area contributed by atoms with Gasteiger partial charge >= 0.3 is 0 Å². The average molecular weight is 252 g/mol. The Bertz CT molecular complexity index is 448. The number of pyridine rings is 1. The maximum atomic E-state index is 11.2. The number of nitrogens with one attached hydrogen (secondary N) is 2. The molecule has 0 atom stereocenters. The molecule has 0 saturated heterocycles. The van der Waals surface area contributed by atoms with Crippen molar-refractivity contribution in [3.8, 4) is 0 Å². The second kappa shape index (κ2) is 6.53. The van der Waals surface area contributed by atoms with Crippen LogP contribution in [0.3, 0.4) is 0 Å². The largest absolute Gasteiger partial charge is 0.370 e. The minimum atomic E-state index is -0.471. The predicted molar refractivity (Wildman–Crippen MR) is 67.4 cm³/mol. The summed E-state index contributed by atoms with van der Waals surface area (Å²) in [6.07, 6.45) is 1.55. The molecule has 0 aliphatic heterocycles. The van der Waals surface area contributed by atoms with Gasteiger partial charge in [-0.2, -0.15) is 0 Å². The van der Waals surface area contributed by atoms with E-state index >= 15 is 0 Å². The van der Waals surface area contributed by atoms with Gasteiger partial charge in [-0.15, -0.1) is 0 Å². The highest BCUT2D eigenvalue weighted by atomic mass is 16.6. The maximum Gasteiger partial charge on any atom is 0.290 e. The number of hydrogen-bond acceptors (Lipinski definition) is 5. The first-order valence-corrected chi connectivity index (χ1v) is 5.66. The fourth-order valence-electron chi connectivity index (χ4n) is 1.43. The second-order valence-corrected chi connectivity index (χ2v) is 3.74. The van der Waals surface area contributed by atoms with E-state index in [1.54, 1.807) is 13.0 Å². The number of carbonyl (C=O) groups is 1. The van der Waals surface area contributed by atoms with Crippen LogP contribution in [0, 0.1) is 17.0 Å². The van der Waals surface area contributed by atoms with Crippen LogP contribution in [0.1, 0.15) is 18.9 Å². The zero-order valence-electron chi connectivity index (χ0n) is 10.4. The van der Waals surface area contributed by atoms with E-state index in [4.69, 9.17) is 0 Å². The van der Waals surface area contributed by atoms with Crippen molar-refractivity contribution < 1.29 is 9.72 Å².